The van der Waals surface area contributed by atoms with Crippen LogP contribution in [0.3, 0.4) is 0 Å². The Labute approximate surface area is 179 Å². The first-order chi connectivity index (χ1) is 14.3. The highest BCUT2D eigenvalue weighted by molar-refractivity contribution is 7.99. The molecule has 1 aromatic carbocycles. The quantitative estimate of drug-likeness (QED) is 0.509. The molecule has 11 heteroatoms. The maximum absolute atomic E-state index is 13.9. The molecule has 0 amide bonds. The third-order valence-electron chi connectivity index (χ3n) is 4.74. The number of sulfone groups is 1. The van der Waals surface area contributed by atoms with Gasteiger partial charge in [-0.2, -0.15) is 13.2 Å². The average molecular weight is 475 g/mol. The second-order valence-corrected chi connectivity index (χ2v) is 10.1. The number of aliphatic carboxylic acids is 1. The summed E-state index contributed by atoms with van der Waals surface area (Å²) in [5.74, 6) is -2.13. The van der Waals surface area contributed by atoms with E-state index in [0.717, 1.165) is 24.4 Å². The van der Waals surface area contributed by atoms with Gasteiger partial charge in [0.25, 0.3) is 0 Å². The molecule has 0 saturated heterocycles. The molecular formula is C20H17F4NO4S2. The van der Waals surface area contributed by atoms with E-state index in [4.69, 9.17) is 0 Å². The molecule has 0 aliphatic heterocycles. The number of benzene rings is 1. The molecule has 3 aromatic rings. The first kappa shape index (κ1) is 23.1. The topological polar surface area (TPSA) is 75.8 Å². The Hall–Kier alpha value is -2.53. The Bertz CT molecular complexity index is 1280. The lowest BCUT2D eigenvalue weighted by molar-refractivity contribution is -0.140. The number of rotatable bonds is 6. The van der Waals surface area contributed by atoms with Gasteiger partial charge in [0.1, 0.15) is 5.82 Å². The van der Waals surface area contributed by atoms with Crippen molar-refractivity contribution in [3.05, 3.63) is 59.0 Å². The molecule has 3 rings (SSSR count). The van der Waals surface area contributed by atoms with Crippen LogP contribution < -0.4 is 0 Å². The van der Waals surface area contributed by atoms with Crippen LogP contribution in [-0.4, -0.2) is 29.6 Å². The molecule has 0 radical (unpaired) electrons. The van der Waals surface area contributed by atoms with E-state index in [9.17, 15) is 35.9 Å². The van der Waals surface area contributed by atoms with Crippen molar-refractivity contribution in [2.75, 3.05) is 5.75 Å². The van der Waals surface area contributed by atoms with Crippen molar-refractivity contribution in [1.82, 2.24) is 4.40 Å². The zero-order chi connectivity index (χ0) is 23.1. The van der Waals surface area contributed by atoms with E-state index in [1.54, 1.807) is 6.92 Å². The summed E-state index contributed by atoms with van der Waals surface area (Å²) in [6, 6.07) is 5.25. The van der Waals surface area contributed by atoms with Gasteiger partial charge in [-0.3, -0.25) is 4.79 Å². The molecular weight excluding hydrogens is 458 g/mol. The maximum atomic E-state index is 13.9. The zero-order valence-electron chi connectivity index (χ0n) is 16.3. The monoisotopic (exact) mass is 475 g/mol. The van der Waals surface area contributed by atoms with Crippen molar-refractivity contribution in [1.29, 1.82) is 0 Å². The first-order valence-corrected chi connectivity index (χ1v) is 11.4. The number of aromatic nitrogens is 1. The lowest BCUT2D eigenvalue weighted by Crippen LogP contribution is -2.11. The third-order valence-corrected chi connectivity index (χ3v) is 7.75. The summed E-state index contributed by atoms with van der Waals surface area (Å²) < 4.78 is 80.4. The number of carboxylic acid groups (broad SMARTS) is 1. The number of hydrogen-bond donors (Lipinski definition) is 1. The number of halogens is 4. The SMILES string of the molecule is CCS(=O)(=O)c1ccc(Sc2c(C)c(CC(=O)O)c3ccc(F)cn23)c(C(F)(F)F)c1. The highest BCUT2D eigenvalue weighted by Crippen LogP contribution is 2.43. The highest BCUT2D eigenvalue weighted by atomic mass is 32.2. The van der Waals surface area contributed by atoms with E-state index in [2.05, 4.69) is 0 Å². The Morgan fingerprint density at radius 2 is 1.87 bits per heavy atom. The normalized spacial score (nSPS) is 12.5. The lowest BCUT2D eigenvalue weighted by atomic mass is 10.1. The minimum Gasteiger partial charge on any atom is -0.481 e. The fourth-order valence-electron chi connectivity index (χ4n) is 3.17. The molecule has 1 N–H and O–H groups in total. The van der Waals surface area contributed by atoms with Gasteiger partial charge in [-0.15, -0.1) is 0 Å². The van der Waals surface area contributed by atoms with Gasteiger partial charge in [-0.1, -0.05) is 18.7 Å². The van der Waals surface area contributed by atoms with Crippen molar-refractivity contribution < 1.29 is 35.9 Å². The Balaban J connectivity index is 2.22. The van der Waals surface area contributed by atoms with Crippen LogP contribution in [0.25, 0.3) is 5.52 Å². The standard InChI is InChI=1S/C20H17F4NO4S2/c1-3-31(28,29)13-5-7-17(15(8-13)20(22,23)24)30-19-11(2)14(9-18(26)27)16-6-4-12(21)10-25(16)19/h4-8,10H,3,9H2,1-2H3,(H,26,27). The third kappa shape index (κ3) is 4.57. The van der Waals surface area contributed by atoms with E-state index < -0.39 is 38.3 Å². The maximum Gasteiger partial charge on any atom is 0.417 e. The molecule has 0 fully saturated rings. The molecule has 166 valence electrons. The molecule has 0 aliphatic carbocycles. The lowest BCUT2D eigenvalue weighted by Gasteiger charge is -2.15. The molecule has 5 nitrogen and oxygen atoms in total. The summed E-state index contributed by atoms with van der Waals surface area (Å²) in [6.07, 6.45) is -4.15. The summed E-state index contributed by atoms with van der Waals surface area (Å²) >= 11 is 0.669. The molecule has 0 saturated carbocycles. The minimum absolute atomic E-state index is 0.211. The average Bonchev–Trinajstić information content (AvgIpc) is 2.92. The molecule has 0 bridgehead atoms. The van der Waals surface area contributed by atoms with Gasteiger partial charge >= 0.3 is 12.1 Å². The molecule has 2 aromatic heterocycles. The van der Waals surface area contributed by atoms with Gasteiger partial charge in [0.15, 0.2) is 9.84 Å². The molecule has 0 atom stereocenters. The number of hydrogen-bond acceptors (Lipinski definition) is 4. The largest absolute Gasteiger partial charge is 0.481 e. The van der Waals surface area contributed by atoms with Crippen molar-refractivity contribution >= 4 is 33.1 Å². The molecule has 0 unspecified atom stereocenters. The number of nitrogens with zero attached hydrogens (tertiary/aromatic N) is 1. The van der Waals surface area contributed by atoms with Crippen LogP contribution in [0, 0.1) is 12.7 Å². The van der Waals surface area contributed by atoms with Gasteiger partial charge in [-0.25, -0.2) is 12.8 Å². The van der Waals surface area contributed by atoms with E-state index in [-0.39, 0.29) is 22.1 Å². The fraction of sp³-hybridized carbons (Fsp3) is 0.250. The van der Waals surface area contributed by atoms with Crippen molar-refractivity contribution in [3.8, 4) is 0 Å². The Kier molecular flexibility index (Phi) is 6.12. The minimum atomic E-state index is -4.84. The van der Waals surface area contributed by atoms with Gasteiger partial charge < -0.3 is 9.51 Å². The van der Waals surface area contributed by atoms with Gasteiger partial charge in [-0.05, 0) is 48.4 Å². The van der Waals surface area contributed by atoms with Crippen LogP contribution in [0.1, 0.15) is 23.6 Å². The second kappa shape index (κ2) is 8.19. The summed E-state index contributed by atoms with van der Waals surface area (Å²) in [4.78, 5) is 10.5. The van der Waals surface area contributed by atoms with Crippen molar-refractivity contribution in [3.63, 3.8) is 0 Å². The molecule has 0 aliphatic rings. The fourth-order valence-corrected chi connectivity index (χ4v) is 5.24. The molecule has 31 heavy (non-hydrogen) atoms. The van der Waals surface area contributed by atoms with Crippen LogP contribution in [-0.2, 0) is 27.2 Å². The van der Waals surface area contributed by atoms with E-state index in [1.807, 2.05) is 0 Å². The van der Waals surface area contributed by atoms with E-state index in [1.165, 1.54) is 17.4 Å². The van der Waals surface area contributed by atoms with Gasteiger partial charge in [0, 0.05) is 11.1 Å². The Morgan fingerprint density at radius 3 is 2.45 bits per heavy atom. The van der Waals surface area contributed by atoms with Crippen LogP contribution in [0.15, 0.2) is 51.3 Å². The Morgan fingerprint density at radius 1 is 1.19 bits per heavy atom. The number of fused-ring (bicyclic) bond motifs is 1. The van der Waals surface area contributed by atoms with Crippen LogP contribution >= 0.6 is 11.8 Å². The molecule has 2 heterocycles. The second-order valence-electron chi connectivity index (χ2n) is 6.74. The highest BCUT2D eigenvalue weighted by Gasteiger charge is 2.35. The van der Waals surface area contributed by atoms with E-state index >= 15 is 0 Å². The van der Waals surface area contributed by atoms with Crippen LogP contribution in [0.4, 0.5) is 17.6 Å². The summed E-state index contributed by atoms with van der Waals surface area (Å²) in [7, 11) is -3.86. The smallest absolute Gasteiger partial charge is 0.417 e. The number of alkyl halides is 3. The number of carbonyl (C=O) groups is 1. The van der Waals surface area contributed by atoms with Crippen LogP contribution in [0.5, 0.6) is 0 Å². The summed E-state index contributed by atoms with van der Waals surface area (Å²) in [5, 5.41) is 9.40. The van der Waals surface area contributed by atoms with Crippen LogP contribution in [0.2, 0.25) is 0 Å². The summed E-state index contributed by atoms with van der Waals surface area (Å²) in [6.45, 7) is 2.88. The number of pyridine rings is 1. The van der Waals surface area contributed by atoms with E-state index in [0.29, 0.717) is 34.5 Å². The predicted molar refractivity (Wildman–Crippen MR) is 107 cm³/mol. The zero-order valence-corrected chi connectivity index (χ0v) is 18.0. The number of carboxylic acids is 1. The van der Waals surface area contributed by atoms with Crippen molar-refractivity contribution in [2.45, 2.75) is 41.3 Å². The first-order valence-electron chi connectivity index (χ1n) is 8.98. The van der Waals surface area contributed by atoms with Gasteiger partial charge in [0.05, 0.1) is 33.2 Å². The predicted octanol–water partition coefficient (Wildman–Crippen LogP) is 4.98. The van der Waals surface area contributed by atoms with Crippen molar-refractivity contribution in [2.24, 2.45) is 0 Å². The van der Waals surface area contributed by atoms with Gasteiger partial charge in [0.2, 0.25) is 0 Å². The molecule has 0 spiro atoms. The summed E-state index contributed by atoms with van der Waals surface area (Å²) in [5.41, 5.74) is -0.0229.